The number of benzene rings is 2. The van der Waals surface area contributed by atoms with Crippen LogP contribution in [0.3, 0.4) is 0 Å². The number of nitrogens with zero attached hydrogens (tertiary/aromatic N) is 2. The van der Waals surface area contributed by atoms with Crippen LogP contribution in [0, 0.1) is 0 Å². The van der Waals surface area contributed by atoms with Gasteiger partial charge in [-0.2, -0.15) is 13.2 Å². The summed E-state index contributed by atoms with van der Waals surface area (Å²) in [5.74, 6) is 0. The molecule has 138 valence electrons. The van der Waals surface area contributed by atoms with Crippen molar-refractivity contribution >= 4 is 11.0 Å². The average molecular weight is 364 g/mol. The van der Waals surface area contributed by atoms with Crippen LogP contribution in [-0.2, 0) is 19.3 Å². The number of rotatable bonds is 5. The minimum absolute atomic E-state index is 0.237. The minimum Gasteiger partial charge on any atom is -0.387 e. The van der Waals surface area contributed by atoms with Crippen LogP contribution in [0.25, 0.3) is 11.0 Å². The van der Waals surface area contributed by atoms with Crippen LogP contribution in [0.2, 0.25) is 0 Å². The summed E-state index contributed by atoms with van der Waals surface area (Å²) in [6, 6.07) is 12.0. The molecular formula is C19H19F3N2O2. The second-order valence-electron chi connectivity index (χ2n) is 6.13. The number of fused-ring (bicyclic) bond motifs is 1. The van der Waals surface area contributed by atoms with Gasteiger partial charge in [-0.1, -0.05) is 37.3 Å². The summed E-state index contributed by atoms with van der Waals surface area (Å²) in [7, 11) is 0. The summed E-state index contributed by atoms with van der Waals surface area (Å²) in [6.07, 6.45) is -5.28. The first-order chi connectivity index (χ1) is 12.3. The fourth-order valence-electron chi connectivity index (χ4n) is 3.21. The highest BCUT2D eigenvalue weighted by molar-refractivity contribution is 5.76. The van der Waals surface area contributed by atoms with E-state index >= 15 is 0 Å². The maximum atomic E-state index is 13.2. The van der Waals surface area contributed by atoms with E-state index in [1.807, 2.05) is 6.92 Å². The van der Waals surface area contributed by atoms with Crippen molar-refractivity contribution in [1.82, 2.24) is 9.13 Å². The maximum absolute atomic E-state index is 13.2. The summed E-state index contributed by atoms with van der Waals surface area (Å²) in [5.41, 5.74) is -0.168. The van der Waals surface area contributed by atoms with Crippen LogP contribution >= 0.6 is 0 Å². The largest absolute Gasteiger partial charge is 0.416 e. The van der Waals surface area contributed by atoms with Gasteiger partial charge in [-0.15, -0.1) is 0 Å². The Bertz CT molecular complexity index is 973. The molecule has 0 aliphatic heterocycles. The lowest BCUT2D eigenvalue weighted by atomic mass is 10.0. The smallest absolute Gasteiger partial charge is 0.387 e. The lowest BCUT2D eigenvalue weighted by Gasteiger charge is -2.18. The van der Waals surface area contributed by atoms with Crippen LogP contribution in [0.5, 0.6) is 0 Å². The van der Waals surface area contributed by atoms with E-state index < -0.39 is 17.8 Å². The Hall–Kier alpha value is -2.54. The number of hydrogen-bond donors (Lipinski definition) is 1. The van der Waals surface area contributed by atoms with E-state index in [0.29, 0.717) is 17.6 Å². The van der Waals surface area contributed by atoms with Gasteiger partial charge in [0.15, 0.2) is 0 Å². The molecule has 0 saturated carbocycles. The zero-order valence-corrected chi connectivity index (χ0v) is 14.2. The molecule has 1 atom stereocenters. The number of hydrogen-bond acceptors (Lipinski definition) is 2. The predicted octanol–water partition coefficient (Wildman–Crippen LogP) is 3.97. The van der Waals surface area contributed by atoms with Gasteiger partial charge in [0.25, 0.3) is 0 Å². The minimum atomic E-state index is -4.57. The highest BCUT2D eigenvalue weighted by atomic mass is 19.4. The SMILES string of the molecule is CCCn1c(=O)n(CC(O)c2ccccc2C(F)(F)F)c2ccccc21. The van der Waals surface area contributed by atoms with Crippen molar-refractivity contribution in [3.05, 3.63) is 70.1 Å². The molecule has 0 bridgehead atoms. The highest BCUT2D eigenvalue weighted by Crippen LogP contribution is 2.35. The Morgan fingerprint density at radius 1 is 1.00 bits per heavy atom. The molecule has 1 aromatic heterocycles. The van der Waals surface area contributed by atoms with Crippen LogP contribution in [0.15, 0.2) is 53.3 Å². The number of aliphatic hydroxyl groups is 1. The fourth-order valence-corrected chi connectivity index (χ4v) is 3.21. The number of aromatic nitrogens is 2. The number of imidazole rings is 1. The molecule has 0 saturated heterocycles. The molecule has 3 rings (SSSR count). The molecule has 0 aliphatic carbocycles. The Morgan fingerprint density at radius 3 is 2.19 bits per heavy atom. The zero-order valence-electron chi connectivity index (χ0n) is 14.2. The lowest BCUT2D eigenvalue weighted by molar-refractivity contribution is -0.139. The van der Waals surface area contributed by atoms with E-state index in [1.165, 1.54) is 22.8 Å². The van der Waals surface area contributed by atoms with E-state index in [-0.39, 0.29) is 17.8 Å². The number of alkyl halides is 3. The predicted molar refractivity (Wildman–Crippen MR) is 92.9 cm³/mol. The van der Waals surface area contributed by atoms with E-state index in [9.17, 15) is 23.1 Å². The number of halogens is 3. The second kappa shape index (κ2) is 6.99. The topological polar surface area (TPSA) is 47.2 Å². The summed E-state index contributed by atoms with van der Waals surface area (Å²) in [4.78, 5) is 12.7. The van der Waals surface area contributed by atoms with Crippen molar-refractivity contribution < 1.29 is 18.3 Å². The number of para-hydroxylation sites is 2. The van der Waals surface area contributed by atoms with Crippen LogP contribution in [0.1, 0.15) is 30.6 Å². The molecule has 0 radical (unpaired) electrons. The summed E-state index contributed by atoms with van der Waals surface area (Å²) in [5, 5.41) is 10.5. The van der Waals surface area contributed by atoms with Crippen LogP contribution in [0.4, 0.5) is 13.2 Å². The Balaban J connectivity index is 2.06. The van der Waals surface area contributed by atoms with Gasteiger partial charge in [-0.05, 0) is 30.2 Å². The first-order valence-corrected chi connectivity index (χ1v) is 8.36. The van der Waals surface area contributed by atoms with Gasteiger partial charge in [0.1, 0.15) is 0 Å². The third kappa shape index (κ3) is 3.26. The number of aliphatic hydroxyl groups excluding tert-OH is 1. The normalized spacial score (nSPS) is 13.3. The van der Waals surface area contributed by atoms with Crippen molar-refractivity contribution in [2.75, 3.05) is 0 Å². The zero-order chi connectivity index (χ0) is 18.9. The van der Waals surface area contributed by atoms with Gasteiger partial charge in [-0.25, -0.2) is 4.79 Å². The van der Waals surface area contributed by atoms with Gasteiger partial charge >= 0.3 is 11.9 Å². The van der Waals surface area contributed by atoms with Crippen molar-refractivity contribution in [1.29, 1.82) is 0 Å². The standard InChI is InChI=1S/C19H19F3N2O2/c1-2-11-23-15-9-5-6-10-16(15)24(18(23)26)12-17(25)13-7-3-4-8-14(13)19(20,21)22/h3-10,17,25H,2,11-12H2,1H3. The van der Waals surface area contributed by atoms with Crippen LogP contribution < -0.4 is 5.69 Å². The van der Waals surface area contributed by atoms with E-state index in [1.54, 1.807) is 28.8 Å². The van der Waals surface area contributed by atoms with Crippen molar-refractivity contribution in [2.45, 2.75) is 38.7 Å². The van der Waals surface area contributed by atoms with E-state index in [4.69, 9.17) is 0 Å². The number of aryl methyl sites for hydroxylation is 1. The molecule has 0 spiro atoms. The quantitative estimate of drug-likeness (QED) is 0.745. The summed E-state index contributed by atoms with van der Waals surface area (Å²) >= 11 is 0. The molecular weight excluding hydrogens is 345 g/mol. The monoisotopic (exact) mass is 364 g/mol. The second-order valence-corrected chi connectivity index (χ2v) is 6.13. The maximum Gasteiger partial charge on any atom is 0.416 e. The van der Waals surface area contributed by atoms with Crippen molar-refractivity contribution in [2.24, 2.45) is 0 Å². The van der Waals surface area contributed by atoms with E-state index in [0.717, 1.165) is 12.5 Å². The summed E-state index contributed by atoms with van der Waals surface area (Å²) in [6.45, 7) is 2.19. The van der Waals surface area contributed by atoms with Gasteiger partial charge in [0.2, 0.25) is 0 Å². The lowest BCUT2D eigenvalue weighted by Crippen LogP contribution is -2.27. The Kier molecular flexibility index (Phi) is 4.91. The van der Waals surface area contributed by atoms with Crippen molar-refractivity contribution in [3.8, 4) is 0 Å². The molecule has 7 heteroatoms. The molecule has 3 aromatic rings. The average Bonchev–Trinajstić information content (AvgIpc) is 2.87. The fraction of sp³-hybridized carbons (Fsp3) is 0.316. The first kappa shape index (κ1) is 18.3. The van der Waals surface area contributed by atoms with Crippen LogP contribution in [-0.4, -0.2) is 14.2 Å². The molecule has 0 fully saturated rings. The van der Waals surface area contributed by atoms with Gasteiger partial charge in [-0.3, -0.25) is 9.13 Å². The molecule has 26 heavy (non-hydrogen) atoms. The Morgan fingerprint density at radius 2 is 1.58 bits per heavy atom. The molecule has 1 N–H and O–H groups in total. The van der Waals surface area contributed by atoms with Gasteiger partial charge in [0, 0.05) is 6.54 Å². The molecule has 0 aliphatic rings. The molecule has 4 nitrogen and oxygen atoms in total. The third-order valence-electron chi connectivity index (χ3n) is 4.35. The highest BCUT2D eigenvalue weighted by Gasteiger charge is 2.34. The van der Waals surface area contributed by atoms with Crippen molar-refractivity contribution in [3.63, 3.8) is 0 Å². The third-order valence-corrected chi connectivity index (χ3v) is 4.35. The summed E-state index contributed by atoms with van der Waals surface area (Å²) < 4.78 is 42.5. The van der Waals surface area contributed by atoms with Gasteiger partial charge < -0.3 is 5.11 Å². The Labute approximate surface area is 148 Å². The first-order valence-electron chi connectivity index (χ1n) is 8.36. The molecule has 1 heterocycles. The van der Waals surface area contributed by atoms with Gasteiger partial charge in [0.05, 0.1) is 29.2 Å². The molecule has 0 amide bonds. The molecule has 1 unspecified atom stereocenters. The molecule has 2 aromatic carbocycles. The van der Waals surface area contributed by atoms with E-state index in [2.05, 4.69) is 0 Å².